The molecule has 0 unspecified atom stereocenters. The van der Waals surface area contributed by atoms with Gasteiger partial charge in [-0.3, -0.25) is 24.0 Å². The molecule has 4 aliphatic heterocycles. The molecule has 16 rings (SSSR count). The lowest BCUT2D eigenvalue weighted by atomic mass is 10.0. The van der Waals surface area contributed by atoms with Gasteiger partial charge in [-0.1, -0.05) is 132 Å². The Balaban J connectivity index is 0.000000120. The molecule has 0 amide bonds. The summed E-state index contributed by atoms with van der Waals surface area (Å²) in [5.74, 6) is 4.32. The second-order valence-corrected chi connectivity index (χ2v) is 30.6. The van der Waals surface area contributed by atoms with Gasteiger partial charge in [0.05, 0.1) is 102 Å². The minimum absolute atomic E-state index is 0.00102. The lowest BCUT2D eigenvalue weighted by molar-refractivity contribution is 0.0977. The Hall–Kier alpha value is -11.5. The Labute approximate surface area is 580 Å². The fourth-order valence-corrected chi connectivity index (χ4v) is 15.7. The summed E-state index contributed by atoms with van der Waals surface area (Å²) in [6.07, 6.45) is 1.45. The Morgan fingerprint density at radius 3 is 0.911 bits per heavy atom. The van der Waals surface area contributed by atoms with Crippen LogP contribution in [0.25, 0.3) is 43.6 Å². The van der Waals surface area contributed by atoms with Gasteiger partial charge in [0.25, 0.3) is 0 Å². The first-order valence-corrected chi connectivity index (χ1v) is 37.3. The molecule has 101 heavy (non-hydrogen) atoms. The molecule has 4 aliphatic rings. The predicted molar refractivity (Wildman–Crippen MR) is 385 cm³/mol. The van der Waals surface area contributed by atoms with Gasteiger partial charge in [0, 0.05) is 59.9 Å². The van der Waals surface area contributed by atoms with Gasteiger partial charge in [0.1, 0.15) is 46.6 Å². The lowest BCUT2D eigenvalue weighted by Gasteiger charge is -2.17. The SMILES string of the molecule is Cc1ccc(C(=O)CCc2nc3c4c(cccc4n2)C(=O)CN3)cc1.Cc1ccc(S(=O)(=O)CCc2nc3c4c(cccc4n2)C(=O)CN3)cc1.O=C1CNc2nc(CCS(=O)(=O)c3ccccc3)nc3cccc1c23.O=C1CNc2nc(CCS(=O)(=O)c3ccccc3)nc3cccc1c23. The van der Waals surface area contributed by atoms with Gasteiger partial charge in [-0.2, -0.15) is 0 Å². The van der Waals surface area contributed by atoms with Crippen LogP contribution in [0.5, 0.6) is 0 Å². The van der Waals surface area contributed by atoms with Crippen LogP contribution >= 0.6 is 0 Å². The summed E-state index contributed by atoms with van der Waals surface area (Å²) >= 11 is 0. The van der Waals surface area contributed by atoms with E-state index in [0.29, 0.717) is 135 Å². The van der Waals surface area contributed by atoms with Gasteiger partial charge in [-0.05, 0) is 74.5 Å². The molecule has 0 saturated carbocycles. The number of carbonyl (C=O) groups excluding carboxylic acids is 5. The molecule has 0 aliphatic carbocycles. The number of sulfone groups is 3. The van der Waals surface area contributed by atoms with Crippen LogP contribution in [0.3, 0.4) is 0 Å². The number of aromatic nitrogens is 8. The monoisotopic (exact) mass is 1400 g/mol. The average Bonchev–Trinajstić information content (AvgIpc) is 0.785. The molecule has 0 fully saturated rings. The van der Waals surface area contributed by atoms with E-state index in [2.05, 4.69) is 61.1 Å². The van der Waals surface area contributed by atoms with Gasteiger partial charge in [0.2, 0.25) is 0 Å². The average molecular weight is 1410 g/mol. The van der Waals surface area contributed by atoms with E-state index in [0.717, 1.165) is 22.0 Å². The second kappa shape index (κ2) is 28.8. The standard InChI is InChI=1S/C20H17N3O2.C19H17N3O3S.2C18H15N3O3S/c1-12-5-7-13(8-6-12)16(24)9-10-18-22-15-4-2-3-14-17(25)11-21-20(23-18)19(14)15;1-12-5-7-13(8-6-12)26(24,25)10-9-17-21-15-4-2-3-14-16(23)11-20-19(22-17)18(14)15;2*22-15-11-19-18-17-13(15)7-4-8-14(17)20-16(21-18)9-10-25(23,24)12-5-2-1-3-6-12/h2-8H,9-11H2,1H3,(H,21,22,23);2-8H,9-11H2,1H3,(H,20,21,22);2*1-8H,9-11H2,(H,19,20,21). The summed E-state index contributed by atoms with van der Waals surface area (Å²) in [5.41, 5.74) is 8.01. The Kier molecular flexibility index (Phi) is 19.4. The van der Waals surface area contributed by atoms with Crippen LogP contribution in [0.4, 0.5) is 23.3 Å². The maximum absolute atomic E-state index is 12.5. The van der Waals surface area contributed by atoms with Crippen LogP contribution in [-0.4, -0.2) is 137 Å². The highest BCUT2D eigenvalue weighted by atomic mass is 32.2. The first-order chi connectivity index (χ1) is 48.6. The quantitative estimate of drug-likeness (QED) is 0.0653. The third kappa shape index (κ3) is 15.1. The molecular weight excluding hydrogens is 1340 g/mol. The van der Waals surface area contributed by atoms with Crippen molar-refractivity contribution in [3.05, 3.63) is 244 Å². The molecule has 0 saturated heterocycles. The molecule has 23 nitrogen and oxygen atoms in total. The molecule has 508 valence electrons. The van der Waals surface area contributed by atoms with Crippen molar-refractivity contribution < 1.29 is 49.2 Å². The highest BCUT2D eigenvalue weighted by Gasteiger charge is 2.27. The minimum Gasteiger partial charge on any atom is -0.362 e. The fraction of sp³-hybridized carbons (Fsp3) is 0.187. The van der Waals surface area contributed by atoms with Gasteiger partial charge >= 0.3 is 0 Å². The van der Waals surface area contributed by atoms with Gasteiger partial charge in [0.15, 0.2) is 58.4 Å². The second-order valence-electron chi connectivity index (χ2n) is 24.3. The zero-order valence-corrected chi connectivity index (χ0v) is 57.0. The summed E-state index contributed by atoms with van der Waals surface area (Å²) in [6.45, 7) is 4.70. The van der Waals surface area contributed by atoms with Crippen LogP contribution in [0, 0.1) is 13.8 Å². The number of carbonyl (C=O) groups is 5. The molecule has 12 aromatic rings. The maximum atomic E-state index is 12.5. The van der Waals surface area contributed by atoms with Gasteiger partial charge in [-0.15, -0.1) is 0 Å². The van der Waals surface area contributed by atoms with E-state index >= 15 is 0 Å². The number of benzene rings is 8. The first kappa shape index (κ1) is 68.1. The van der Waals surface area contributed by atoms with E-state index in [1.807, 2.05) is 56.3 Å². The van der Waals surface area contributed by atoms with Crippen LogP contribution in [-0.2, 0) is 55.2 Å². The van der Waals surface area contributed by atoms with E-state index in [-0.39, 0.29) is 91.6 Å². The summed E-state index contributed by atoms with van der Waals surface area (Å²) in [6, 6.07) is 52.6. The third-order valence-electron chi connectivity index (χ3n) is 17.3. The van der Waals surface area contributed by atoms with E-state index in [1.54, 1.807) is 140 Å². The normalized spacial score (nSPS) is 13.5. The zero-order chi connectivity index (χ0) is 70.6. The number of Topliss-reactive ketones (excluding diaryl/α,β-unsaturated/α-hetero) is 5. The molecule has 8 heterocycles. The summed E-state index contributed by atoms with van der Waals surface area (Å²) < 4.78 is 74.7. The van der Waals surface area contributed by atoms with Crippen LogP contribution in [0.1, 0.15) is 92.6 Å². The number of nitrogens with one attached hydrogen (secondary N) is 4. The van der Waals surface area contributed by atoms with Crippen LogP contribution in [0.2, 0.25) is 0 Å². The largest absolute Gasteiger partial charge is 0.362 e. The number of ketones is 5. The van der Waals surface area contributed by atoms with Crippen molar-refractivity contribution in [2.45, 2.75) is 60.6 Å². The molecule has 4 aromatic heterocycles. The summed E-state index contributed by atoms with van der Waals surface area (Å²) in [5, 5.41) is 14.9. The van der Waals surface area contributed by atoms with Crippen LogP contribution in [0.15, 0.2) is 197 Å². The number of aryl methyl sites for hydroxylation is 6. The highest BCUT2D eigenvalue weighted by Crippen LogP contribution is 2.33. The maximum Gasteiger partial charge on any atom is 0.182 e. The molecule has 8 aromatic carbocycles. The van der Waals surface area contributed by atoms with E-state index in [9.17, 15) is 49.2 Å². The summed E-state index contributed by atoms with van der Waals surface area (Å²) in [7, 11) is -10.2. The number of hydrogen-bond donors (Lipinski definition) is 4. The number of hydrogen-bond acceptors (Lipinski definition) is 23. The Bertz CT molecular complexity index is 5500. The molecular formula is C75H64N12O11S3. The molecule has 0 radical (unpaired) electrons. The molecule has 4 N–H and O–H groups in total. The van der Waals surface area contributed by atoms with Crippen LogP contribution < -0.4 is 21.3 Å². The van der Waals surface area contributed by atoms with Crippen molar-refractivity contribution in [2.24, 2.45) is 0 Å². The molecule has 0 atom stereocenters. The first-order valence-electron chi connectivity index (χ1n) is 32.4. The molecule has 0 bridgehead atoms. The molecule has 26 heteroatoms. The Morgan fingerprint density at radius 1 is 0.327 bits per heavy atom. The topological polar surface area (TPSA) is 339 Å². The minimum atomic E-state index is -3.41. The van der Waals surface area contributed by atoms with Gasteiger partial charge < -0.3 is 21.3 Å². The van der Waals surface area contributed by atoms with Crippen molar-refractivity contribution in [1.82, 2.24) is 39.9 Å². The number of anilines is 4. The fourth-order valence-electron chi connectivity index (χ4n) is 12.0. The molecule has 0 spiro atoms. The van der Waals surface area contributed by atoms with Gasteiger partial charge in [-0.25, -0.2) is 65.1 Å². The lowest BCUT2D eigenvalue weighted by Crippen LogP contribution is -2.22. The van der Waals surface area contributed by atoms with Crippen molar-refractivity contribution in [2.75, 3.05) is 64.7 Å². The van der Waals surface area contributed by atoms with Crippen molar-refractivity contribution in [3.63, 3.8) is 0 Å². The zero-order valence-electron chi connectivity index (χ0n) is 54.6. The Morgan fingerprint density at radius 2 is 0.604 bits per heavy atom. The third-order valence-corrected chi connectivity index (χ3v) is 22.5. The van der Waals surface area contributed by atoms with E-state index in [4.69, 9.17) is 0 Å². The van der Waals surface area contributed by atoms with E-state index in [1.165, 1.54) is 0 Å². The predicted octanol–water partition coefficient (Wildman–Crippen LogP) is 10.4. The van der Waals surface area contributed by atoms with Crippen molar-refractivity contribution in [3.8, 4) is 0 Å². The highest BCUT2D eigenvalue weighted by molar-refractivity contribution is 7.92. The van der Waals surface area contributed by atoms with E-state index < -0.39 is 29.5 Å². The van der Waals surface area contributed by atoms with Crippen molar-refractivity contribution in [1.29, 1.82) is 0 Å². The van der Waals surface area contributed by atoms with Crippen molar-refractivity contribution >= 4 is 125 Å². The number of rotatable bonds is 16. The number of nitrogens with zero attached hydrogens (tertiary/aromatic N) is 8. The summed E-state index contributed by atoms with van der Waals surface area (Å²) in [4.78, 5) is 96.8. The smallest absolute Gasteiger partial charge is 0.182 e.